The Morgan fingerprint density at radius 2 is 1.94 bits per heavy atom. The molecule has 0 radical (unpaired) electrons. The molecule has 108 valence electrons. The van der Waals surface area contributed by atoms with Crippen LogP contribution in [-0.4, -0.2) is 25.6 Å². The molecule has 0 aliphatic heterocycles. The summed E-state index contributed by atoms with van der Waals surface area (Å²) in [6.45, 7) is 7.81. The van der Waals surface area contributed by atoms with Crippen molar-refractivity contribution in [3.8, 4) is 0 Å². The first-order valence-corrected chi connectivity index (χ1v) is 7.22. The number of hydrogen-bond donors (Lipinski definition) is 2. The molecule has 1 aliphatic rings. The summed E-state index contributed by atoms with van der Waals surface area (Å²) in [6.07, 6.45) is 6.44. The van der Waals surface area contributed by atoms with Gasteiger partial charge in [0, 0.05) is 19.6 Å². The highest BCUT2D eigenvalue weighted by molar-refractivity contribution is 14.0. The molecule has 3 nitrogen and oxygen atoms in total. The molecular weight excluding hydrogens is 337 g/mol. The van der Waals surface area contributed by atoms with Crippen molar-refractivity contribution in [2.45, 2.75) is 58.9 Å². The standard InChI is InChI=1S/C14H29N3.HI/c1-5-8-12-9-13(12)17-14(15-4)16-10-11(6-2)7-3;/h11-13H,5-10H2,1-4H3,(H2,15,16,17);1H. The maximum Gasteiger partial charge on any atom is 0.191 e. The third-order valence-corrected chi connectivity index (χ3v) is 3.84. The summed E-state index contributed by atoms with van der Waals surface area (Å²) in [7, 11) is 1.86. The molecule has 0 heterocycles. The molecule has 0 aromatic rings. The zero-order valence-electron chi connectivity index (χ0n) is 12.3. The Balaban J connectivity index is 0.00000289. The van der Waals surface area contributed by atoms with Crippen LogP contribution in [0.25, 0.3) is 0 Å². The van der Waals surface area contributed by atoms with Gasteiger partial charge in [-0.1, -0.05) is 40.0 Å². The van der Waals surface area contributed by atoms with Gasteiger partial charge in [0.2, 0.25) is 0 Å². The number of halogens is 1. The molecule has 4 heteroatoms. The minimum Gasteiger partial charge on any atom is -0.356 e. The van der Waals surface area contributed by atoms with Gasteiger partial charge in [-0.3, -0.25) is 4.99 Å². The van der Waals surface area contributed by atoms with E-state index in [0.717, 1.165) is 24.3 Å². The summed E-state index contributed by atoms with van der Waals surface area (Å²) in [5.41, 5.74) is 0. The summed E-state index contributed by atoms with van der Waals surface area (Å²) in [5, 5.41) is 6.96. The van der Waals surface area contributed by atoms with Crippen LogP contribution in [0.3, 0.4) is 0 Å². The van der Waals surface area contributed by atoms with Crippen molar-refractivity contribution in [3.05, 3.63) is 0 Å². The first kappa shape index (κ1) is 18.0. The fraction of sp³-hybridized carbons (Fsp3) is 0.929. The molecule has 0 bridgehead atoms. The van der Waals surface area contributed by atoms with Crippen LogP contribution in [-0.2, 0) is 0 Å². The van der Waals surface area contributed by atoms with Crippen LogP contribution in [0.1, 0.15) is 52.9 Å². The van der Waals surface area contributed by atoms with Crippen molar-refractivity contribution in [2.75, 3.05) is 13.6 Å². The Labute approximate surface area is 130 Å². The predicted molar refractivity (Wildman–Crippen MR) is 90.8 cm³/mol. The number of nitrogens with one attached hydrogen (secondary N) is 2. The van der Waals surface area contributed by atoms with Gasteiger partial charge in [-0.25, -0.2) is 0 Å². The van der Waals surface area contributed by atoms with Crippen LogP contribution in [0, 0.1) is 11.8 Å². The number of aliphatic imine (C=N–C) groups is 1. The first-order chi connectivity index (χ1) is 8.24. The molecule has 1 aliphatic carbocycles. The maximum absolute atomic E-state index is 4.30. The quantitative estimate of drug-likeness (QED) is 0.411. The normalized spacial score (nSPS) is 22.6. The van der Waals surface area contributed by atoms with E-state index in [-0.39, 0.29) is 24.0 Å². The van der Waals surface area contributed by atoms with Crippen molar-refractivity contribution in [1.82, 2.24) is 10.6 Å². The van der Waals surface area contributed by atoms with E-state index >= 15 is 0 Å². The van der Waals surface area contributed by atoms with Crippen LogP contribution in [0.2, 0.25) is 0 Å². The molecule has 1 rings (SSSR count). The zero-order valence-corrected chi connectivity index (χ0v) is 14.7. The maximum atomic E-state index is 4.30. The Hall–Kier alpha value is 0. The predicted octanol–water partition coefficient (Wildman–Crippen LogP) is 3.39. The number of nitrogens with zero attached hydrogens (tertiary/aromatic N) is 1. The third kappa shape index (κ3) is 6.25. The minimum absolute atomic E-state index is 0. The van der Waals surface area contributed by atoms with E-state index in [1.807, 2.05) is 7.05 Å². The lowest BCUT2D eigenvalue weighted by Crippen LogP contribution is -2.41. The summed E-state index contributed by atoms with van der Waals surface area (Å²) < 4.78 is 0. The van der Waals surface area contributed by atoms with Gasteiger partial charge in [-0.05, 0) is 24.7 Å². The Bertz CT molecular complexity index is 239. The van der Waals surface area contributed by atoms with Crippen LogP contribution < -0.4 is 10.6 Å². The Morgan fingerprint density at radius 3 is 2.44 bits per heavy atom. The highest BCUT2D eigenvalue weighted by atomic mass is 127. The van der Waals surface area contributed by atoms with Gasteiger partial charge in [0.15, 0.2) is 5.96 Å². The zero-order chi connectivity index (χ0) is 12.7. The molecule has 18 heavy (non-hydrogen) atoms. The molecule has 0 aromatic carbocycles. The molecule has 1 saturated carbocycles. The highest BCUT2D eigenvalue weighted by Crippen LogP contribution is 2.34. The lowest BCUT2D eigenvalue weighted by Gasteiger charge is -2.16. The van der Waals surface area contributed by atoms with Crippen molar-refractivity contribution in [1.29, 1.82) is 0 Å². The summed E-state index contributed by atoms with van der Waals surface area (Å²) >= 11 is 0. The van der Waals surface area contributed by atoms with Gasteiger partial charge < -0.3 is 10.6 Å². The number of hydrogen-bond acceptors (Lipinski definition) is 1. The monoisotopic (exact) mass is 367 g/mol. The second-order valence-corrected chi connectivity index (χ2v) is 5.17. The van der Waals surface area contributed by atoms with Crippen molar-refractivity contribution in [3.63, 3.8) is 0 Å². The van der Waals surface area contributed by atoms with Crippen LogP contribution in [0.4, 0.5) is 0 Å². The van der Waals surface area contributed by atoms with E-state index < -0.39 is 0 Å². The Morgan fingerprint density at radius 1 is 1.28 bits per heavy atom. The summed E-state index contributed by atoms with van der Waals surface area (Å²) in [4.78, 5) is 4.30. The van der Waals surface area contributed by atoms with E-state index in [9.17, 15) is 0 Å². The molecule has 0 spiro atoms. The average Bonchev–Trinajstić information content (AvgIpc) is 3.07. The van der Waals surface area contributed by atoms with Crippen LogP contribution in [0.5, 0.6) is 0 Å². The lowest BCUT2D eigenvalue weighted by atomic mass is 10.0. The van der Waals surface area contributed by atoms with Crippen molar-refractivity contribution in [2.24, 2.45) is 16.8 Å². The van der Waals surface area contributed by atoms with Gasteiger partial charge in [-0.15, -0.1) is 24.0 Å². The fourth-order valence-electron chi connectivity index (χ4n) is 2.30. The van der Waals surface area contributed by atoms with Crippen molar-refractivity contribution >= 4 is 29.9 Å². The SMILES string of the molecule is CCCC1CC1NC(=NC)NCC(CC)CC.I. The topological polar surface area (TPSA) is 36.4 Å². The average molecular weight is 367 g/mol. The second kappa shape index (κ2) is 9.87. The Kier molecular flexibility index (Phi) is 9.87. The molecule has 2 N–H and O–H groups in total. The highest BCUT2D eigenvalue weighted by Gasteiger charge is 2.36. The van der Waals surface area contributed by atoms with E-state index in [1.165, 1.54) is 32.1 Å². The van der Waals surface area contributed by atoms with Crippen LogP contribution >= 0.6 is 24.0 Å². The molecule has 0 saturated heterocycles. The van der Waals surface area contributed by atoms with Crippen molar-refractivity contribution < 1.29 is 0 Å². The third-order valence-electron chi connectivity index (χ3n) is 3.84. The fourth-order valence-corrected chi connectivity index (χ4v) is 2.30. The minimum atomic E-state index is 0. The number of rotatable bonds is 7. The van der Waals surface area contributed by atoms with Gasteiger partial charge in [0.05, 0.1) is 0 Å². The summed E-state index contributed by atoms with van der Waals surface area (Å²) in [5.74, 6) is 2.63. The van der Waals surface area contributed by atoms with E-state index in [4.69, 9.17) is 0 Å². The first-order valence-electron chi connectivity index (χ1n) is 7.22. The molecule has 0 aromatic heterocycles. The van der Waals surface area contributed by atoms with Gasteiger partial charge >= 0.3 is 0 Å². The van der Waals surface area contributed by atoms with Crippen LogP contribution in [0.15, 0.2) is 4.99 Å². The lowest BCUT2D eigenvalue weighted by molar-refractivity contribution is 0.480. The van der Waals surface area contributed by atoms with Gasteiger partial charge in [-0.2, -0.15) is 0 Å². The number of guanidine groups is 1. The van der Waals surface area contributed by atoms with Gasteiger partial charge in [0.25, 0.3) is 0 Å². The molecule has 2 atom stereocenters. The van der Waals surface area contributed by atoms with Gasteiger partial charge in [0.1, 0.15) is 0 Å². The van der Waals surface area contributed by atoms with E-state index in [1.54, 1.807) is 0 Å². The second-order valence-electron chi connectivity index (χ2n) is 5.17. The molecule has 0 amide bonds. The summed E-state index contributed by atoms with van der Waals surface area (Å²) in [6, 6.07) is 0.669. The molecular formula is C14H30IN3. The molecule has 2 unspecified atom stereocenters. The van der Waals surface area contributed by atoms with E-state index in [2.05, 4.69) is 36.4 Å². The smallest absolute Gasteiger partial charge is 0.191 e. The van der Waals surface area contributed by atoms with E-state index in [0.29, 0.717) is 6.04 Å². The largest absolute Gasteiger partial charge is 0.356 e. The molecule has 1 fully saturated rings.